The molecular formula is C16H16ClN. The molecule has 0 bridgehead atoms. The number of aliphatic imine (C=N–C) groups is 1. The minimum Gasteiger partial charge on any atom is -0.256 e. The van der Waals surface area contributed by atoms with Crippen molar-refractivity contribution in [2.45, 2.75) is 19.8 Å². The molecule has 1 nitrogen and oxygen atoms in total. The van der Waals surface area contributed by atoms with Crippen molar-refractivity contribution in [2.75, 3.05) is 0 Å². The molecule has 0 N–H and O–H groups in total. The van der Waals surface area contributed by atoms with Crippen molar-refractivity contribution in [1.29, 1.82) is 0 Å². The van der Waals surface area contributed by atoms with Crippen LogP contribution in [-0.2, 0) is 0 Å². The number of benzene rings is 2. The maximum atomic E-state index is 5.91. The summed E-state index contributed by atoms with van der Waals surface area (Å²) < 4.78 is 0. The van der Waals surface area contributed by atoms with E-state index < -0.39 is 0 Å². The van der Waals surface area contributed by atoms with Crippen molar-refractivity contribution in [2.24, 2.45) is 4.99 Å². The van der Waals surface area contributed by atoms with Crippen molar-refractivity contribution >= 4 is 23.5 Å². The first kappa shape index (κ1) is 12.8. The van der Waals surface area contributed by atoms with Crippen LogP contribution in [0.25, 0.3) is 0 Å². The molecule has 0 unspecified atom stereocenters. The summed E-state index contributed by atoms with van der Waals surface area (Å²) >= 11 is 5.91. The van der Waals surface area contributed by atoms with E-state index in [1.807, 2.05) is 30.5 Å². The topological polar surface area (TPSA) is 12.4 Å². The lowest BCUT2D eigenvalue weighted by atomic mass is 10.0. The van der Waals surface area contributed by atoms with Crippen LogP contribution in [-0.4, -0.2) is 6.21 Å². The van der Waals surface area contributed by atoms with Gasteiger partial charge in [0, 0.05) is 11.2 Å². The summed E-state index contributed by atoms with van der Waals surface area (Å²) in [6.45, 7) is 4.38. The van der Waals surface area contributed by atoms with E-state index in [-0.39, 0.29) is 0 Å². The number of rotatable bonds is 3. The highest BCUT2D eigenvalue weighted by Crippen LogP contribution is 2.18. The molecule has 0 amide bonds. The molecule has 18 heavy (non-hydrogen) atoms. The van der Waals surface area contributed by atoms with Crippen LogP contribution >= 0.6 is 11.6 Å². The first-order valence-electron chi connectivity index (χ1n) is 6.05. The fraction of sp³-hybridized carbons (Fsp3) is 0.188. The van der Waals surface area contributed by atoms with Crippen molar-refractivity contribution in [3.05, 3.63) is 64.7 Å². The van der Waals surface area contributed by atoms with E-state index in [9.17, 15) is 0 Å². The molecule has 0 saturated heterocycles. The lowest BCUT2D eigenvalue weighted by Crippen LogP contribution is -1.87. The molecule has 0 saturated carbocycles. The maximum Gasteiger partial charge on any atom is 0.0644 e. The van der Waals surface area contributed by atoms with Crippen LogP contribution in [0, 0.1) is 0 Å². The molecule has 0 heterocycles. The number of nitrogens with zero attached hydrogens (tertiary/aromatic N) is 1. The van der Waals surface area contributed by atoms with Crippen molar-refractivity contribution < 1.29 is 0 Å². The molecule has 2 heteroatoms. The second-order valence-electron chi connectivity index (χ2n) is 4.56. The normalized spacial score (nSPS) is 11.3. The second kappa shape index (κ2) is 5.83. The third-order valence-corrected chi connectivity index (χ3v) is 3.01. The lowest BCUT2D eigenvalue weighted by molar-refractivity contribution is 0.866. The molecular weight excluding hydrogens is 242 g/mol. The van der Waals surface area contributed by atoms with Gasteiger partial charge in [-0.2, -0.15) is 0 Å². The van der Waals surface area contributed by atoms with Gasteiger partial charge in [-0.15, -0.1) is 0 Å². The first-order valence-corrected chi connectivity index (χ1v) is 6.42. The molecule has 0 fully saturated rings. The van der Waals surface area contributed by atoms with Gasteiger partial charge in [-0.05, 0) is 35.2 Å². The fourth-order valence-corrected chi connectivity index (χ4v) is 1.86. The third-order valence-electron chi connectivity index (χ3n) is 2.77. The summed E-state index contributed by atoms with van der Waals surface area (Å²) in [7, 11) is 0. The first-order chi connectivity index (χ1) is 8.65. The zero-order chi connectivity index (χ0) is 13.0. The van der Waals surface area contributed by atoms with Crippen molar-refractivity contribution in [3.8, 4) is 0 Å². The Kier molecular flexibility index (Phi) is 4.16. The minimum atomic E-state index is 0.559. The molecule has 0 spiro atoms. The molecule has 92 valence electrons. The van der Waals surface area contributed by atoms with Crippen LogP contribution in [0.2, 0.25) is 5.02 Å². The SMILES string of the molecule is CC(C)c1ccc(C=Nc2cccc(Cl)c2)cc1. The largest absolute Gasteiger partial charge is 0.256 e. The van der Waals surface area contributed by atoms with Crippen LogP contribution in [0.3, 0.4) is 0 Å². The van der Waals surface area contributed by atoms with Gasteiger partial charge in [0.05, 0.1) is 5.69 Å². The van der Waals surface area contributed by atoms with Crippen LogP contribution in [0.1, 0.15) is 30.9 Å². The summed E-state index contributed by atoms with van der Waals surface area (Å²) in [6.07, 6.45) is 1.86. The van der Waals surface area contributed by atoms with Gasteiger partial charge < -0.3 is 0 Å². The molecule has 2 aromatic rings. The van der Waals surface area contributed by atoms with E-state index in [0.29, 0.717) is 10.9 Å². The maximum absolute atomic E-state index is 5.91. The Labute approximate surface area is 113 Å². The van der Waals surface area contributed by atoms with E-state index in [4.69, 9.17) is 11.6 Å². The monoisotopic (exact) mass is 257 g/mol. The van der Waals surface area contributed by atoms with Crippen LogP contribution in [0.5, 0.6) is 0 Å². The molecule has 0 aliphatic heterocycles. The Morgan fingerprint density at radius 2 is 1.78 bits per heavy atom. The Morgan fingerprint density at radius 1 is 1.06 bits per heavy atom. The Hall–Kier alpha value is -1.60. The highest BCUT2D eigenvalue weighted by Gasteiger charge is 1.97. The van der Waals surface area contributed by atoms with Crippen molar-refractivity contribution in [3.63, 3.8) is 0 Å². The van der Waals surface area contributed by atoms with Gasteiger partial charge in [0.15, 0.2) is 0 Å². The van der Waals surface area contributed by atoms with Gasteiger partial charge in [-0.3, -0.25) is 4.99 Å². The summed E-state index contributed by atoms with van der Waals surface area (Å²) in [4.78, 5) is 4.40. The van der Waals surface area contributed by atoms with Crippen LogP contribution < -0.4 is 0 Å². The molecule has 2 aromatic carbocycles. The predicted octanol–water partition coefficient (Wildman–Crippen LogP) is 5.21. The predicted molar refractivity (Wildman–Crippen MR) is 79.2 cm³/mol. The fourth-order valence-electron chi connectivity index (χ4n) is 1.67. The zero-order valence-electron chi connectivity index (χ0n) is 10.6. The number of hydrogen-bond acceptors (Lipinski definition) is 1. The van der Waals surface area contributed by atoms with E-state index in [1.54, 1.807) is 0 Å². The van der Waals surface area contributed by atoms with Gasteiger partial charge in [-0.1, -0.05) is 55.8 Å². The highest BCUT2D eigenvalue weighted by atomic mass is 35.5. The van der Waals surface area contributed by atoms with E-state index in [1.165, 1.54) is 5.56 Å². The zero-order valence-corrected chi connectivity index (χ0v) is 11.4. The third kappa shape index (κ3) is 3.44. The Balaban J connectivity index is 2.14. The van der Waals surface area contributed by atoms with Gasteiger partial charge in [0.25, 0.3) is 0 Å². The summed E-state index contributed by atoms with van der Waals surface area (Å²) in [5, 5.41) is 0.708. The highest BCUT2D eigenvalue weighted by molar-refractivity contribution is 6.30. The van der Waals surface area contributed by atoms with Crippen molar-refractivity contribution in [1.82, 2.24) is 0 Å². The van der Waals surface area contributed by atoms with Gasteiger partial charge in [0.2, 0.25) is 0 Å². The lowest BCUT2D eigenvalue weighted by Gasteiger charge is -2.04. The Morgan fingerprint density at radius 3 is 2.39 bits per heavy atom. The molecule has 0 aliphatic carbocycles. The molecule has 0 aromatic heterocycles. The quantitative estimate of drug-likeness (QED) is 0.669. The average molecular weight is 258 g/mol. The molecule has 2 rings (SSSR count). The summed E-state index contributed by atoms with van der Waals surface area (Å²) in [5.74, 6) is 0.559. The minimum absolute atomic E-state index is 0.559. The van der Waals surface area contributed by atoms with Gasteiger partial charge in [0.1, 0.15) is 0 Å². The van der Waals surface area contributed by atoms with Gasteiger partial charge >= 0.3 is 0 Å². The van der Waals surface area contributed by atoms with Crippen LogP contribution in [0.4, 0.5) is 5.69 Å². The molecule has 0 aliphatic rings. The Bertz CT molecular complexity index is 541. The standard InChI is InChI=1S/C16H16ClN/c1-12(2)14-8-6-13(7-9-14)11-18-16-5-3-4-15(17)10-16/h3-12H,1-2H3. The van der Waals surface area contributed by atoms with E-state index in [2.05, 4.69) is 43.1 Å². The molecule has 0 atom stereocenters. The average Bonchev–Trinajstić information content (AvgIpc) is 2.37. The van der Waals surface area contributed by atoms with Gasteiger partial charge in [-0.25, -0.2) is 0 Å². The smallest absolute Gasteiger partial charge is 0.0644 e. The summed E-state index contributed by atoms with van der Waals surface area (Å²) in [6, 6.07) is 16.0. The van der Waals surface area contributed by atoms with E-state index >= 15 is 0 Å². The summed E-state index contributed by atoms with van der Waals surface area (Å²) in [5.41, 5.74) is 3.31. The second-order valence-corrected chi connectivity index (χ2v) is 5.00. The molecule has 0 radical (unpaired) electrons. The number of halogens is 1. The van der Waals surface area contributed by atoms with E-state index in [0.717, 1.165) is 11.3 Å². The number of hydrogen-bond donors (Lipinski definition) is 0. The van der Waals surface area contributed by atoms with Crippen LogP contribution in [0.15, 0.2) is 53.5 Å².